The van der Waals surface area contributed by atoms with Crippen molar-refractivity contribution < 1.29 is 13.9 Å². The zero-order valence-corrected chi connectivity index (χ0v) is 14.3. The van der Waals surface area contributed by atoms with E-state index in [4.69, 9.17) is 4.74 Å². The van der Waals surface area contributed by atoms with E-state index < -0.39 is 11.7 Å². The van der Waals surface area contributed by atoms with Crippen molar-refractivity contribution in [3.05, 3.63) is 64.7 Å². The van der Waals surface area contributed by atoms with Crippen LogP contribution in [0.1, 0.15) is 27.3 Å². The molecular formula is C19H18FN3O2. The van der Waals surface area contributed by atoms with Gasteiger partial charge < -0.3 is 10.1 Å². The molecule has 0 aliphatic heterocycles. The molecule has 3 aromatic rings. The number of fused-ring (bicyclic) bond motifs is 1. The number of benzene rings is 2. The first-order chi connectivity index (χ1) is 12.0. The normalized spacial score (nSPS) is 10.7. The summed E-state index contributed by atoms with van der Waals surface area (Å²) < 4.78 is 19.2. The van der Waals surface area contributed by atoms with Gasteiger partial charge in [0.15, 0.2) is 0 Å². The number of nitrogens with zero attached hydrogens (tertiary/aromatic N) is 2. The zero-order valence-electron chi connectivity index (χ0n) is 14.3. The minimum absolute atomic E-state index is 0.167. The predicted molar refractivity (Wildman–Crippen MR) is 93.1 cm³/mol. The number of methoxy groups -OCH3 is 1. The van der Waals surface area contributed by atoms with Gasteiger partial charge in [0.25, 0.3) is 5.91 Å². The fourth-order valence-corrected chi connectivity index (χ4v) is 2.59. The van der Waals surface area contributed by atoms with Crippen LogP contribution in [-0.4, -0.2) is 23.0 Å². The first kappa shape index (κ1) is 16.8. The van der Waals surface area contributed by atoms with Crippen LogP contribution in [0.2, 0.25) is 0 Å². The van der Waals surface area contributed by atoms with Crippen LogP contribution in [0.25, 0.3) is 11.0 Å². The zero-order chi connectivity index (χ0) is 18.0. The van der Waals surface area contributed by atoms with E-state index in [1.165, 1.54) is 12.1 Å². The smallest absolute Gasteiger partial charge is 0.253 e. The molecule has 0 bridgehead atoms. The van der Waals surface area contributed by atoms with E-state index >= 15 is 0 Å². The van der Waals surface area contributed by atoms with Crippen LogP contribution in [-0.2, 0) is 6.54 Å². The molecule has 2 aromatic carbocycles. The Labute approximate surface area is 144 Å². The summed E-state index contributed by atoms with van der Waals surface area (Å²) in [6.45, 7) is 3.87. The second kappa shape index (κ2) is 6.84. The van der Waals surface area contributed by atoms with Gasteiger partial charge in [0.2, 0.25) is 0 Å². The third kappa shape index (κ3) is 3.42. The third-order valence-corrected chi connectivity index (χ3v) is 4.02. The van der Waals surface area contributed by atoms with Crippen LogP contribution in [0.5, 0.6) is 5.75 Å². The number of halogens is 1. The highest BCUT2D eigenvalue weighted by atomic mass is 19.1. The molecule has 1 aromatic heterocycles. The molecular weight excluding hydrogens is 321 g/mol. The molecule has 1 heterocycles. The summed E-state index contributed by atoms with van der Waals surface area (Å²) in [4.78, 5) is 21.3. The highest BCUT2D eigenvalue weighted by Crippen LogP contribution is 2.20. The van der Waals surface area contributed by atoms with Gasteiger partial charge in [-0.1, -0.05) is 18.2 Å². The van der Waals surface area contributed by atoms with Crippen molar-refractivity contribution in [3.8, 4) is 5.75 Å². The molecule has 0 saturated carbocycles. The lowest BCUT2D eigenvalue weighted by Gasteiger charge is -2.11. The van der Waals surface area contributed by atoms with Crippen molar-refractivity contribution in [2.45, 2.75) is 20.4 Å². The number of aryl methyl sites for hydroxylation is 2. The Morgan fingerprint density at radius 3 is 2.64 bits per heavy atom. The highest BCUT2D eigenvalue weighted by molar-refractivity contribution is 6.04. The molecule has 128 valence electrons. The van der Waals surface area contributed by atoms with E-state index in [0.717, 1.165) is 5.56 Å². The van der Waals surface area contributed by atoms with E-state index in [1.807, 2.05) is 31.2 Å². The van der Waals surface area contributed by atoms with Crippen LogP contribution in [0.3, 0.4) is 0 Å². The summed E-state index contributed by atoms with van der Waals surface area (Å²) in [5.41, 5.74) is 3.17. The molecule has 0 saturated heterocycles. The largest absolute Gasteiger partial charge is 0.496 e. The van der Waals surface area contributed by atoms with Gasteiger partial charge in [-0.05, 0) is 26.0 Å². The Morgan fingerprint density at radius 2 is 1.88 bits per heavy atom. The van der Waals surface area contributed by atoms with E-state index in [0.29, 0.717) is 28.2 Å². The first-order valence-corrected chi connectivity index (χ1v) is 7.84. The van der Waals surface area contributed by atoms with Gasteiger partial charge in [-0.25, -0.2) is 14.4 Å². The summed E-state index contributed by atoms with van der Waals surface area (Å²) in [6, 6.07) is 9.85. The van der Waals surface area contributed by atoms with Gasteiger partial charge >= 0.3 is 0 Å². The lowest BCUT2D eigenvalue weighted by atomic mass is 10.1. The number of carbonyl (C=O) groups excluding carboxylic acids is 1. The maximum absolute atomic E-state index is 13.9. The summed E-state index contributed by atoms with van der Waals surface area (Å²) in [5, 5.41) is 2.79. The molecule has 0 aliphatic carbocycles. The van der Waals surface area contributed by atoms with Crippen molar-refractivity contribution in [3.63, 3.8) is 0 Å². The number of aromatic nitrogens is 2. The number of para-hydroxylation sites is 1. The maximum atomic E-state index is 13.9. The number of carbonyl (C=O) groups is 1. The molecule has 0 radical (unpaired) electrons. The van der Waals surface area contributed by atoms with Gasteiger partial charge in [0, 0.05) is 18.2 Å². The molecule has 6 heteroatoms. The molecule has 1 N–H and O–H groups in total. The Morgan fingerprint density at radius 1 is 1.16 bits per heavy atom. The number of nitrogens with one attached hydrogen (secondary N) is 1. The summed E-state index contributed by atoms with van der Waals surface area (Å²) in [5.74, 6) is -0.251. The average molecular weight is 339 g/mol. The van der Waals surface area contributed by atoms with E-state index in [2.05, 4.69) is 15.3 Å². The number of hydrogen-bond donors (Lipinski definition) is 1. The average Bonchev–Trinajstić information content (AvgIpc) is 2.60. The van der Waals surface area contributed by atoms with Crippen LogP contribution in [0, 0.1) is 19.7 Å². The fourth-order valence-electron chi connectivity index (χ4n) is 2.59. The number of hydrogen-bond acceptors (Lipinski definition) is 4. The molecule has 0 unspecified atom stereocenters. The molecule has 0 atom stereocenters. The predicted octanol–water partition coefficient (Wildman–Crippen LogP) is 3.32. The summed E-state index contributed by atoms with van der Waals surface area (Å²) in [7, 11) is 1.57. The fraction of sp³-hybridized carbons (Fsp3) is 0.211. The molecule has 3 rings (SSSR count). The monoisotopic (exact) mass is 339 g/mol. The summed E-state index contributed by atoms with van der Waals surface area (Å²) in [6.07, 6.45) is 0. The molecule has 5 nitrogen and oxygen atoms in total. The summed E-state index contributed by atoms with van der Waals surface area (Å²) >= 11 is 0. The molecule has 0 fully saturated rings. The van der Waals surface area contributed by atoms with Gasteiger partial charge in [0.05, 0.1) is 29.6 Å². The van der Waals surface area contributed by atoms with E-state index in [9.17, 15) is 9.18 Å². The highest BCUT2D eigenvalue weighted by Gasteiger charge is 2.16. The van der Waals surface area contributed by atoms with Crippen molar-refractivity contribution in [1.29, 1.82) is 0 Å². The van der Waals surface area contributed by atoms with E-state index in [1.54, 1.807) is 14.0 Å². The molecule has 0 aliphatic rings. The van der Waals surface area contributed by atoms with Gasteiger partial charge in [-0.2, -0.15) is 0 Å². The van der Waals surface area contributed by atoms with Crippen LogP contribution >= 0.6 is 0 Å². The number of amides is 1. The minimum Gasteiger partial charge on any atom is -0.496 e. The first-order valence-electron chi connectivity index (χ1n) is 7.84. The third-order valence-electron chi connectivity index (χ3n) is 4.02. The second-order valence-electron chi connectivity index (χ2n) is 5.71. The van der Waals surface area contributed by atoms with Crippen molar-refractivity contribution in [2.75, 3.05) is 7.11 Å². The molecule has 0 spiro atoms. The van der Waals surface area contributed by atoms with Crippen LogP contribution in [0.15, 0.2) is 36.4 Å². The maximum Gasteiger partial charge on any atom is 0.253 e. The van der Waals surface area contributed by atoms with Crippen molar-refractivity contribution in [1.82, 2.24) is 15.3 Å². The van der Waals surface area contributed by atoms with Crippen molar-refractivity contribution >= 4 is 16.9 Å². The van der Waals surface area contributed by atoms with Gasteiger partial charge in [-0.3, -0.25) is 4.79 Å². The Bertz CT molecular complexity index is 957. The standard InChI is InChI=1S/C19H18FN3O2/c1-11-12(2)23-18-15(8-14(20)9-16(18)22-11)19(24)21-10-13-6-4-5-7-17(13)25-3/h4-9H,10H2,1-3H3,(H,21,24). The quantitative estimate of drug-likeness (QED) is 0.792. The number of ether oxygens (including phenoxy) is 1. The number of rotatable bonds is 4. The van der Waals surface area contributed by atoms with Gasteiger partial charge in [-0.15, -0.1) is 0 Å². The minimum atomic E-state index is -0.521. The van der Waals surface area contributed by atoms with Crippen molar-refractivity contribution in [2.24, 2.45) is 0 Å². The Hall–Kier alpha value is -3.02. The van der Waals surface area contributed by atoms with Gasteiger partial charge in [0.1, 0.15) is 17.1 Å². The topological polar surface area (TPSA) is 64.1 Å². The molecule has 25 heavy (non-hydrogen) atoms. The lowest BCUT2D eigenvalue weighted by molar-refractivity contribution is 0.0951. The second-order valence-corrected chi connectivity index (χ2v) is 5.71. The van der Waals surface area contributed by atoms with Crippen LogP contribution < -0.4 is 10.1 Å². The molecule has 1 amide bonds. The lowest BCUT2D eigenvalue weighted by Crippen LogP contribution is -2.24. The van der Waals surface area contributed by atoms with Crippen LogP contribution in [0.4, 0.5) is 4.39 Å². The van der Waals surface area contributed by atoms with E-state index in [-0.39, 0.29) is 12.1 Å². The SMILES string of the molecule is COc1ccccc1CNC(=O)c1cc(F)cc2nc(C)c(C)nc12. The Kier molecular flexibility index (Phi) is 4.61. The Balaban J connectivity index is 1.93.